The molecule has 0 aliphatic heterocycles. The molecule has 0 fully saturated rings. The fourth-order valence-electron chi connectivity index (χ4n) is 1.15. The highest BCUT2D eigenvalue weighted by atomic mass is 35.5. The molecule has 1 rings (SSSR count). The predicted molar refractivity (Wildman–Crippen MR) is 55.9 cm³/mol. The lowest BCUT2D eigenvalue weighted by Gasteiger charge is -2.27. The molecule has 0 aliphatic carbocycles. The molecule has 1 atom stereocenters. The lowest BCUT2D eigenvalue weighted by molar-refractivity contribution is 0.155. The van der Waals surface area contributed by atoms with E-state index in [2.05, 4.69) is 0 Å². The first-order chi connectivity index (χ1) is 6.08. The Morgan fingerprint density at radius 2 is 1.85 bits per heavy atom. The zero-order valence-corrected chi connectivity index (χ0v) is 8.75. The number of hydrogen-bond acceptors (Lipinski definition) is 1. The summed E-state index contributed by atoms with van der Waals surface area (Å²) >= 11 is 6.24. The van der Waals surface area contributed by atoms with Gasteiger partial charge in [0, 0.05) is 12.0 Å². The molecule has 0 aliphatic rings. The van der Waals surface area contributed by atoms with Gasteiger partial charge in [0.25, 0.3) is 0 Å². The minimum absolute atomic E-state index is 0.0933. The van der Waals surface area contributed by atoms with E-state index < -0.39 is 0 Å². The van der Waals surface area contributed by atoms with Gasteiger partial charge in [0.2, 0.25) is 0 Å². The molecule has 1 nitrogen and oxygen atoms in total. The Bertz CT molecular complexity index is 256. The van der Waals surface area contributed by atoms with Gasteiger partial charge < -0.3 is 5.11 Å². The first-order valence-corrected chi connectivity index (χ1v) is 4.81. The topological polar surface area (TPSA) is 20.2 Å². The van der Waals surface area contributed by atoms with Crippen molar-refractivity contribution in [1.29, 1.82) is 0 Å². The molecule has 0 spiro atoms. The van der Waals surface area contributed by atoms with Crippen LogP contribution in [0.2, 0.25) is 0 Å². The summed E-state index contributed by atoms with van der Waals surface area (Å²) < 4.78 is 0. The van der Waals surface area contributed by atoms with Crippen LogP contribution < -0.4 is 0 Å². The lowest BCUT2D eigenvalue weighted by atomic mass is 9.86. The van der Waals surface area contributed by atoms with Crippen molar-refractivity contribution in [2.75, 3.05) is 6.61 Å². The van der Waals surface area contributed by atoms with Crippen LogP contribution in [-0.4, -0.2) is 11.7 Å². The first-order valence-electron chi connectivity index (χ1n) is 4.38. The van der Waals surface area contributed by atoms with Crippen molar-refractivity contribution in [2.24, 2.45) is 5.41 Å². The Labute approximate surface area is 84.4 Å². The number of halogens is 1. The number of alkyl halides is 1. The number of rotatable bonds is 3. The van der Waals surface area contributed by atoms with Crippen molar-refractivity contribution in [2.45, 2.75) is 19.2 Å². The second-order valence-electron chi connectivity index (χ2n) is 3.92. The summed E-state index contributed by atoms with van der Waals surface area (Å²) in [6.07, 6.45) is 0. The lowest BCUT2D eigenvalue weighted by Crippen LogP contribution is -2.22. The zero-order chi connectivity index (χ0) is 9.90. The van der Waals surface area contributed by atoms with Crippen LogP contribution >= 0.6 is 11.6 Å². The van der Waals surface area contributed by atoms with Crippen molar-refractivity contribution in [3.05, 3.63) is 35.9 Å². The van der Waals surface area contributed by atoms with Crippen molar-refractivity contribution < 1.29 is 5.11 Å². The molecule has 2 heteroatoms. The van der Waals surface area contributed by atoms with Crippen LogP contribution in [0, 0.1) is 5.41 Å². The van der Waals surface area contributed by atoms with Crippen LogP contribution in [-0.2, 0) is 0 Å². The van der Waals surface area contributed by atoms with E-state index in [0.29, 0.717) is 0 Å². The quantitative estimate of drug-likeness (QED) is 0.741. The van der Waals surface area contributed by atoms with Crippen LogP contribution in [0.1, 0.15) is 24.8 Å². The normalized spacial score (nSPS) is 14.2. The van der Waals surface area contributed by atoms with Crippen molar-refractivity contribution in [1.82, 2.24) is 0 Å². The molecule has 1 N–H and O–H groups in total. The van der Waals surface area contributed by atoms with E-state index in [1.807, 2.05) is 44.2 Å². The van der Waals surface area contributed by atoms with Gasteiger partial charge in [0.15, 0.2) is 0 Å². The Morgan fingerprint density at radius 1 is 1.31 bits per heavy atom. The molecular weight excluding hydrogens is 184 g/mol. The summed E-state index contributed by atoms with van der Waals surface area (Å²) in [5.41, 5.74) is 0.784. The van der Waals surface area contributed by atoms with Gasteiger partial charge in [-0.3, -0.25) is 0 Å². The first kappa shape index (κ1) is 10.6. The molecule has 0 radical (unpaired) electrons. The summed E-state index contributed by atoms with van der Waals surface area (Å²) in [5.74, 6) is 0. The molecule has 0 heterocycles. The van der Waals surface area contributed by atoms with E-state index in [1.165, 1.54) is 0 Å². The molecule has 0 aromatic heterocycles. The molecule has 1 unspecified atom stereocenters. The van der Waals surface area contributed by atoms with E-state index in [9.17, 15) is 0 Å². The highest BCUT2D eigenvalue weighted by Gasteiger charge is 2.27. The Kier molecular flexibility index (Phi) is 3.34. The standard InChI is InChI=1S/C11H15ClO/c1-11(2,8-13)10(12)9-6-4-3-5-7-9/h3-7,10,13H,8H2,1-2H3. The van der Waals surface area contributed by atoms with Gasteiger partial charge in [-0.2, -0.15) is 0 Å². The predicted octanol–water partition coefficient (Wildman–Crippen LogP) is 2.99. The summed E-state index contributed by atoms with van der Waals surface area (Å²) in [6, 6.07) is 9.83. The SMILES string of the molecule is CC(C)(CO)C(Cl)c1ccccc1. The maximum atomic E-state index is 9.14. The van der Waals surface area contributed by atoms with Crippen LogP contribution in [0.4, 0.5) is 0 Å². The number of benzene rings is 1. The van der Waals surface area contributed by atoms with Gasteiger partial charge in [0.1, 0.15) is 0 Å². The highest BCUT2D eigenvalue weighted by Crippen LogP contribution is 2.38. The third-order valence-corrected chi connectivity index (χ3v) is 3.03. The molecular formula is C11H15ClO. The van der Waals surface area contributed by atoms with Gasteiger partial charge in [-0.15, -0.1) is 11.6 Å². The molecule has 0 bridgehead atoms. The third kappa shape index (κ3) is 2.45. The summed E-state index contributed by atoms with van der Waals surface area (Å²) in [6.45, 7) is 4.01. The number of hydrogen-bond donors (Lipinski definition) is 1. The second-order valence-corrected chi connectivity index (χ2v) is 4.36. The third-order valence-electron chi connectivity index (χ3n) is 2.19. The Morgan fingerprint density at radius 3 is 2.31 bits per heavy atom. The smallest absolute Gasteiger partial charge is 0.0658 e. The van der Waals surface area contributed by atoms with Gasteiger partial charge in [0.05, 0.1) is 5.38 Å². The molecule has 1 aromatic carbocycles. The van der Waals surface area contributed by atoms with Crippen LogP contribution in [0.5, 0.6) is 0 Å². The minimum atomic E-state index is -0.275. The summed E-state index contributed by atoms with van der Waals surface area (Å²) in [4.78, 5) is 0. The molecule has 72 valence electrons. The van der Waals surface area contributed by atoms with Crippen molar-refractivity contribution >= 4 is 11.6 Å². The fraction of sp³-hybridized carbons (Fsp3) is 0.455. The molecule has 13 heavy (non-hydrogen) atoms. The zero-order valence-electron chi connectivity index (χ0n) is 8.00. The minimum Gasteiger partial charge on any atom is -0.396 e. The molecule has 1 aromatic rings. The van der Waals surface area contributed by atoms with Crippen LogP contribution in [0.25, 0.3) is 0 Å². The van der Waals surface area contributed by atoms with E-state index in [1.54, 1.807) is 0 Å². The second kappa shape index (κ2) is 4.12. The maximum absolute atomic E-state index is 9.14. The van der Waals surface area contributed by atoms with Gasteiger partial charge >= 0.3 is 0 Å². The van der Waals surface area contributed by atoms with E-state index in [0.717, 1.165) is 5.56 Å². The van der Waals surface area contributed by atoms with E-state index in [-0.39, 0.29) is 17.4 Å². The molecule has 0 saturated heterocycles. The Balaban J connectivity index is 2.85. The van der Waals surface area contributed by atoms with E-state index in [4.69, 9.17) is 16.7 Å². The van der Waals surface area contributed by atoms with Gasteiger partial charge in [-0.1, -0.05) is 44.2 Å². The average Bonchev–Trinajstić information content (AvgIpc) is 2.18. The monoisotopic (exact) mass is 198 g/mol. The largest absolute Gasteiger partial charge is 0.396 e. The van der Waals surface area contributed by atoms with Crippen molar-refractivity contribution in [3.63, 3.8) is 0 Å². The fourth-order valence-corrected chi connectivity index (χ4v) is 1.37. The maximum Gasteiger partial charge on any atom is 0.0658 e. The highest BCUT2D eigenvalue weighted by molar-refractivity contribution is 6.21. The number of aliphatic hydroxyl groups is 1. The van der Waals surface area contributed by atoms with Crippen molar-refractivity contribution in [3.8, 4) is 0 Å². The van der Waals surface area contributed by atoms with E-state index >= 15 is 0 Å². The average molecular weight is 199 g/mol. The summed E-state index contributed by atoms with van der Waals surface area (Å²) in [5, 5.41) is 9.00. The number of aliphatic hydroxyl groups excluding tert-OH is 1. The van der Waals surface area contributed by atoms with Crippen LogP contribution in [0.15, 0.2) is 30.3 Å². The van der Waals surface area contributed by atoms with Gasteiger partial charge in [-0.25, -0.2) is 0 Å². The molecule has 0 saturated carbocycles. The van der Waals surface area contributed by atoms with Crippen LogP contribution in [0.3, 0.4) is 0 Å². The Hall–Kier alpha value is -0.530. The van der Waals surface area contributed by atoms with Gasteiger partial charge in [-0.05, 0) is 5.56 Å². The summed E-state index contributed by atoms with van der Waals surface area (Å²) in [7, 11) is 0. The molecule has 0 amide bonds.